The number of ether oxygens (including phenoxy) is 1. The van der Waals surface area contributed by atoms with Crippen molar-refractivity contribution in [2.75, 3.05) is 18.2 Å². The number of benzene rings is 2. The van der Waals surface area contributed by atoms with Crippen molar-refractivity contribution >= 4 is 27.6 Å². The molecule has 2 aromatic rings. The van der Waals surface area contributed by atoms with E-state index < -0.39 is 10.5 Å². The molecule has 1 atom stereocenters. The molecule has 0 fully saturated rings. The second kappa shape index (κ2) is 6.10. The minimum atomic E-state index is -3.96. The summed E-state index contributed by atoms with van der Waals surface area (Å²) in [4.78, 5) is -0.0756. The average Bonchev–Trinajstić information content (AvgIpc) is 2.49. The van der Waals surface area contributed by atoms with Crippen LogP contribution in [0.3, 0.4) is 0 Å². The molecule has 0 aromatic heterocycles. The molecule has 0 saturated heterocycles. The number of hydrogen-bond donors (Lipinski definition) is 3. The fourth-order valence-corrected chi connectivity index (χ4v) is 2.54. The molecule has 0 aliphatic heterocycles. The van der Waals surface area contributed by atoms with Gasteiger partial charge in [0.25, 0.3) is 4.90 Å². The van der Waals surface area contributed by atoms with Gasteiger partial charge in [0.05, 0.1) is 15.9 Å². The van der Waals surface area contributed by atoms with Crippen LogP contribution in [-0.4, -0.2) is 7.11 Å². The highest BCUT2D eigenvalue weighted by molar-refractivity contribution is 7.93. The molecule has 2 aromatic carbocycles. The minimum absolute atomic E-state index is 0.0756. The Morgan fingerprint density at radius 2 is 1.86 bits per heavy atom. The van der Waals surface area contributed by atoms with Crippen LogP contribution < -0.4 is 21.7 Å². The fourth-order valence-electron chi connectivity index (χ4n) is 1.74. The molecule has 21 heavy (non-hydrogen) atoms. The van der Waals surface area contributed by atoms with E-state index in [4.69, 9.17) is 10.5 Å². The predicted octanol–water partition coefficient (Wildman–Crippen LogP) is 1.31. The first-order valence-electron chi connectivity index (χ1n) is 5.95. The van der Waals surface area contributed by atoms with Crippen LogP contribution in [0.25, 0.3) is 0 Å². The monoisotopic (exact) mass is 310 g/mol. The van der Waals surface area contributed by atoms with E-state index in [9.17, 15) is 8.76 Å². The topological polar surface area (TPSA) is 121 Å². The summed E-state index contributed by atoms with van der Waals surface area (Å²) >= 11 is 0. The standard InChI is InChI=1S/C13H16N3O4S/c1-19-11-5-3-10(4-6-11)16-12-7-2-9(14)8-13(12)21(17,18)20-15/h2-8,16H,14H2,1,15H3/q+2. The molecule has 0 bridgehead atoms. The van der Waals surface area contributed by atoms with Gasteiger partial charge in [-0.15, -0.1) is 0 Å². The first-order valence-corrected chi connectivity index (χ1v) is 7.36. The summed E-state index contributed by atoms with van der Waals surface area (Å²) in [5, 5.41) is 2.99. The van der Waals surface area contributed by atoms with Gasteiger partial charge in [-0.1, -0.05) is 0 Å². The molecule has 0 spiro atoms. The van der Waals surface area contributed by atoms with E-state index >= 15 is 0 Å². The molecular weight excluding hydrogens is 294 g/mol. The molecule has 7 nitrogen and oxygen atoms in total. The van der Waals surface area contributed by atoms with Crippen LogP contribution in [0.5, 0.6) is 5.75 Å². The molecule has 111 valence electrons. The number of nitrogen functional groups attached to an aromatic ring is 1. The summed E-state index contributed by atoms with van der Waals surface area (Å²) in [5.41, 5.74) is 6.98. The summed E-state index contributed by atoms with van der Waals surface area (Å²) < 4.78 is 33.1. The van der Waals surface area contributed by atoms with Crippen LogP contribution in [0, 0.1) is 0 Å². The first kappa shape index (κ1) is 15.3. The second-order valence-corrected chi connectivity index (χ2v) is 5.76. The summed E-state index contributed by atoms with van der Waals surface area (Å²) in [5.74, 6) is 3.66. The van der Waals surface area contributed by atoms with Gasteiger partial charge in [-0.3, -0.25) is 0 Å². The van der Waals surface area contributed by atoms with Crippen LogP contribution in [0.4, 0.5) is 17.1 Å². The van der Waals surface area contributed by atoms with Gasteiger partial charge in [-0.2, -0.15) is 5.90 Å². The normalized spacial score (nSPS) is 13.5. The van der Waals surface area contributed by atoms with Gasteiger partial charge in [0.15, 0.2) is 0 Å². The van der Waals surface area contributed by atoms with Crippen LogP contribution >= 0.6 is 0 Å². The molecule has 0 amide bonds. The van der Waals surface area contributed by atoms with Crippen LogP contribution in [0.15, 0.2) is 47.4 Å². The van der Waals surface area contributed by atoms with E-state index in [-0.39, 0.29) is 4.90 Å². The third-order valence-corrected chi connectivity index (χ3v) is 3.99. The lowest BCUT2D eigenvalue weighted by Gasteiger charge is -2.09. The summed E-state index contributed by atoms with van der Waals surface area (Å²) in [6.07, 6.45) is 0. The number of hydrogen-bond acceptors (Lipinski definition) is 5. The highest BCUT2D eigenvalue weighted by atomic mass is 32.3. The van der Waals surface area contributed by atoms with Crippen molar-refractivity contribution in [1.82, 2.24) is 0 Å². The summed E-state index contributed by atoms with van der Waals surface area (Å²) in [6, 6.07) is 11.5. The Morgan fingerprint density at radius 1 is 1.19 bits per heavy atom. The molecule has 0 aliphatic rings. The zero-order valence-corrected chi connectivity index (χ0v) is 12.2. The number of nitrogens with one attached hydrogen (secondary N) is 1. The predicted molar refractivity (Wildman–Crippen MR) is 78.1 cm³/mol. The van der Waals surface area contributed by atoms with E-state index in [1.54, 1.807) is 43.5 Å². The van der Waals surface area contributed by atoms with E-state index in [0.29, 0.717) is 22.8 Å². The van der Waals surface area contributed by atoms with Crippen molar-refractivity contribution < 1.29 is 23.7 Å². The Morgan fingerprint density at radius 3 is 2.43 bits per heavy atom. The molecule has 1 radical (unpaired) electrons. The van der Waals surface area contributed by atoms with E-state index in [1.165, 1.54) is 6.07 Å². The highest BCUT2D eigenvalue weighted by Crippen LogP contribution is 2.31. The Hall–Kier alpha value is -2.13. The average molecular weight is 310 g/mol. The lowest BCUT2D eigenvalue weighted by molar-refractivity contribution is -0.637. The lowest BCUT2D eigenvalue weighted by atomic mass is 10.2. The number of methoxy groups -OCH3 is 1. The minimum Gasteiger partial charge on any atom is -0.497 e. The SMILES string of the molecule is COc1ccc(Nc2ccc(N)cc2[S+]([O])(=O)O[NH3+])cc1. The third-order valence-electron chi connectivity index (χ3n) is 2.80. The van der Waals surface area contributed by atoms with Crippen molar-refractivity contribution in [2.24, 2.45) is 0 Å². The Bertz CT molecular complexity index is 676. The van der Waals surface area contributed by atoms with E-state index in [0.717, 1.165) is 0 Å². The van der Waals surface area contributed by atoms with Crippen molar-refractivity contribution in [1.29, 1.82) is 0 Å². The Labute approximate surface area is 123 Å². The molecule has 6 N–H and O–H groups in total. The number of nitrogens with two attached hydrogens (primary N) is 1. The molecule has 0 aliphatic carbocycles. The van der Waals surface area contributed by atoms with Gasteiger partial charge < -0.3 is 15.8 Å². The largest absolute Gasteiger partial charge is 0.497 e. The second-order valence-electron chi connectivity index (χ2n) is 4.18. The van der Waals surface area contributed by atoms with Gasteiger partial charge in [-0.05, 0) is 40.6 Å². The summed E-state index contributed by atoms with van der Waals surface area (Å²) in [7, 11) is -2.39. The fraction of sp³-hybridized carbons (Fsp3) is 0.0769. The van der Waals surface area contributed by atoms with E-state index in [1.807, 2.05) is 0 Å². The quantitative estimate of drug-likeness (QED) is 0.437. The van der Waals surface area contributed by atoms with Gasteiger partial charge in [-0.25, -0.2) is 0 Å². The molecular formula is C13H16N3O4S+2. The maximum absolute atomic E-state index is 11.9. The maximum Gasteiger partial charge on any atom is 0.484 e. The van der Waals surface area contributed by atoms with Gasteiger partial charge in [0, 0.05) is 17.4 Å². The Balaban J connectivity index is 2.37. The van der Waals surface area contributed by atoms with Crippen molar-refractivity contribution in [3.05, 3.63) is 42.5 Å². The highest BCUT2D eigenvalue weighted by Gasteiger charge is 2.40. The van der Waals surface area contributed by atoms with Crippen LogP contribution in [0.1, 0.15) is 0 Å². The van der Waals surface area contributed by atoms with Crippen LogP contribution in [-0.2, 0) is 23.5 Å². The number of quaternary nitrogens is 1. The molecule has 8 heteroatoms. The zero-order chi connectivity index (χ0) is 15.5. The van der Waals surface area contributed by atoms with Crippen molar-refractivity contribution in [2.45, 2.75) is 4.90 Å². The number of anilines is 3. The summed E-state index contributed by atoms with van der Waals surface area (Å²) in [6.45, 7) is 0. The Kier molecular flexibility index (Phi) is 4.43. The molecule has 2 rings (SSSR count). The number of rotatable bonds is 5. The maximum atomic E-state index is 11.9. The molecule has 0 heterocycles. The van der Waals surface area contributed by atoms with Gasteiger partial charge in [0.2, 0.25) is 0 Å². The first-order chi connectivity index (χ1) is 9.96. The van der Waals surface area contributed by atoms with Crippen molar-refractivity contribution in [3.8, 4) is 5.75 Å². The third kappa shape index (κ3) is 3.50. The molecule has 1 unspecified atom stereocenters. The van der Waals surface area contributed by atoms with Crippen LogP contribution in [0.2, 0.25) is 0 Å². The van der Waals surface area contributed by atoms with E-state index in [2.05, 4.69) is 15.5 Å². The smallest absolute Gasteiger partial charge is 0.484 e. The van der Waals surface area contributed by atoms with Crippen molar-refractivity contribution in [3.63, 3.8) is 0 Å². The molecule has 0 saturated carbocycles. The van der Waals surface area contributed by atoms with Gasteiger partial charge >= 0.3 is 10.5 Å². The lowest BCUT2D eigenvalue weighted by Crippen LogP contribution is -2.52. The van der Waals surface area contributed by atoms with Gasteiger partial charge in [0.1, 0.15) is 11.4 Å². The zero-order valence-electron chi connectivity index (χ0n) is 11.4.